The topological polar surface area (TPSA) is 87.0 Å². The third-order valence-electron chi connectivity index (χ3n) is 5.91. The van der Waals surface area contributed by atoms with Crippen LogP contribution in [0.2, 0.25) is 0 Å². The smallest absolute Gasteiger partial charge is 0.166 e. The van der Waals surface area contributed by atoms with Gasteiger partial charge in [0.05, 0.1) is 46.3 Å². The van der Waals surface area contributed by atoms with Crippen molar-refractivity contribution in [2.24, 2.45) is 7.05 Å². The first-order chi connectivity index (χ1) is 16.7. The summed E-state index contributed by atoms with van der Waals surface area (Å²) in [6.07, 6.45) is 6.91. The van der Waals surface area contributed by atoms with Crippen LogP contribution in [0.5, 0.6) is 5.75 Å². The molecule has 1 fully saturated rings. The number of ether oxygens (including phenoxy) is 2. The predicted octanol–water partition coefficient (Wildman–Crippen LogP) is 5.08. The van der Waals surface area contributed by atoms with Crippen LogP contribution in [0.15, 0.2) is 48.5 Å². The molecule has 1 N–H and O–H groups in total. The number of fused-ring (bicyclic) bond motifs is 2. The molecule has 0 amide bonds. The summed E-state index contributed by atoms with van der Waals surface area (Å²) in [5, 5.41) is 8.20. The van der Waals surface area contributed by atoms with Gasteiger partial charge in [-0.2, -0.15) is 5.10 Å². The Hall–Kier alpha value is -3.63. The number of aromatic nitrogens is 5. The summed E-state index contributed by atoms with van der Waals surface area (Å²) in [5.41, 5.74) is 5.15. The van der Waals surface area contributed by atoms with Crippen molar-refractivity contribution in [3.05, 3.63) is 54.3 Å². The monoisotopic (exact) mass is 476 g/mol. The van der Waals surface area contributed by atoms with Crippen molar-refractivity contribution < 1.29 is 13.9 Å². The number of nitrogens with zero attached hydrogens (tertiary/aromatic N) is 5. The maximum absolute atomic E-state index is 15.1. The Morgan fingerprint density at radius 1 is 1.15 bits per heavy atom. The molecule has 6 rings (SSSR count). The highest BCUT2D eigenvalue weighted by Crippen LogP contribution is 2.38. The minimum atomic E-state index is -0.350. The number of benzene rings is 2. The summed E-state index contributed by atoms with van der Waals surface area (Å²) in [5.74, 6) is 0.864. The van der Waals surface area contributed by atoms with Gasteiger partial charge in [-0.3, -0.25) is 4.68 Å². The number of anilines is 2. The molecule has 1 saturated heterocycles. The molecule has 0 spiro atoms. The number of hydrogen-bond acceptors (Lipinski definition) is 8. The number of hydrogen-bond donors (Lipinski definition) is 1. The molecule has 1 aliphatic rings. The molecule has 0 bridgehead atoms. The van der Waals surface area contributed by atoms with E-state index in [0.717, 1.165) is 34.9 Å². The van der Waals surface area contributed by atoms with E-state index in [4.69, 9.17) is 9.47 Å². The van der Waals surface area contributed by atoms with E-state index in [-0.39, 0.29) is 11.9 Å². The van der Waals surface area contributed by atoms with Gasteiger partial charge in [0.2, 0.25) is 0 Å². The maximum Gasteiger partial charge on any atom is 0.166 e. The van der Waals surface area contributed by atoms with Gasteiger partial charge < -0.3 is 14.8 Å². The third-order valence-corrected chi connectivity index (χ3v) is 6.74. The second-order valence-corrected chi connectivity index (χ2v) is 9.03. The van der Waals surface area contributed by atoms with E-state index in [0.29, 0.717) is 40.7 Å². The second-order valence-electron chi connectivity index (χ2n) is 8.17. The van der Waals surface area contributed by atoms with Crippen molar-refractivity contribution >= 4 is 44.0 Å². The molecule has 1 aliphatic heterocycles. The van der Waals surface area contributed by atoms with Crippen LogP contribution < -0.4 is 10.1 Å². The Kier molecular flexibility index (Phi) is 5.31. The number of rotatable bonds is 5. The third kappa shape index (κ3) is 3.84. The zero-order chi connectivity index (χ0) is 23.1. The Labute approximate surface area is 198 Å². The Bertz CT molecular complexity index is 1490. The lowest BCUT2D eigenvalue weighted by Gasteiger charge is -2.25. The van der Waals surface area contributed by atoms with E-state index >= 15 is 4.39 Å². The standard InChI is InChI=1S/C24H21FN6O2S/c1-31-11-14(10-29-31)16-8-20-17(9-21(16)33-15-4-6-32-7-5-15)24(27-12-26-20)30-18-2-3-19-23(22(18)25)34-13-28-19/h2-3,8-13,15H,4-7H2,1H3,(H,26,27,30). The highest BCUT2D eigenvalue weighted by molar-refractivity contribution is 7.16. The molecular weight excluding hydrogens is 455 g/mol. The number of nitrogens with one attached hydrogen (secondary N) is 1. The molecule has 10 heteroatoms. The molecule has 8 nitrogen and oxygen atoms in total. The van der Waals surface area contributed by atoms with Crippen LogP contribution in [0.4, 0.5) is 15.9 Å². The van der Waals surface area contributed by atoms with Gasteiger partial charge in [0.25, 0.3) is 0 Å². The highest BCUT2D eigenvalue weighted by atomic mass is 32.1. The first-order valence-corrected chi connectivity index (χ1v) is 11.8. The summed E-state index contributed by atoms with van der Waals surface area (Å²) in [6.45, 7) is 1.35. The fraction of sp³-hybridized carbons (Fsp3) is 0.250. The summed E-state index contributed by atoms with van der Waals surface area (Å²) in [7, 11) is 1.88. The highest BCUT2D eigenvalue weighted by Gasteiger charge is 2.20. The van der Waals surface area contributed by atoms with Crippen LogP contribution in [-0.4, -0.2) is 44.1 Å². The van der Waals surface area contributed by atoms with Gasteiger partial charge >= 0.3 is 0 Å². The van der Waals surface area contributed by atoms with Crippen molar-refractivity contribution in [1.82, 2.24) is 24.7 Å². The lowest BCUT2D eigenvalue weighted by molar-refractivity contribution is 0.0258. The first kappa shape index (κ1) is 20.9. The largest absolute Gasteiger partial charge is 0.490 e. The van der Waals surface area contributed by atoms with Crippen LogP contribution in [0.3, 0.4) is 0 Å². The summed E-state index contributed by atoms with van der Waals surface area (Å²) < 4.78 is 29.3. The maximum atomic E-state index is 15.1. The van der Waals surface area contributed by atoms with Crippen molar-refractivity contribution in [3.8, 4) is 16.9 Å². The van der Waals surface area contributed by atoms with Crippen molar-refractivity contribution in [3.63, 3.8) is 0 Å². The Morgan fingerprint density at radius 3 is 2.85 bits per heavy atom. The molecule has 0 unspecified atom stereocenters. The van der Waals surface area contributed by atoms with Crippen LogP contribution in [0.25, 0.3) is 32.2 Å². The molecule has 3 aromatic heterocycles. The summed E-state index contributed by atoms with van der Waals surface area (Å²) >= 11 is 1.27. The van der Waals surface area contributed by atoms with Crippen LogP contribution in [0.1, 0.15) is 12.8 Å². The zero-order valence-corrected chi connectivity index (χ0v) is 19.2. The van der Waals surface area contributed by atoms with E-state index in [1.807, 2.05) is 25.4 Å². The van der Waals surface area contributed by atoms with Crippen molar-refractivity contribution in [2.45, 2.75) is 18.9 Å². The summed E-state index contributed by atoms with van der Waals surface area (Å²) in [6, 6.07) is 7.37. The SMILES string of the molecule is Cn1cc(-c2cc3ncnc(Nc4ccc5ncsc5c4F)c3cc2OC2CCOCC2)cn1. The van der Waals surface area contributed by atoms with E-state index in [9.17, 15) is 0 Å². The van der Waals surface area contributed by atoms with Crippen LogP contribution >= 0.6 is 11.3 Å². The van der Waals surface area contributed by atoms with Gasteiger partial charge in [0, 0.05) is 42.6 Å². The van der Waals surface area contributed by atoms with Gasteiger partial charge in [0.15, 0.2) is 5.82 Å². The molecule has 5 aromatic rings. The van der Waals surface area contributed by atoms with E-state index in [1.54, 1.807) is 28.5 Å². The molecule has 34 heavy (non-hydrogen) atoms. The van der Waals surface area contributed by atoms with E-state index in [1.165, 1.54) is 17.7 Å². The van der Waals surface area contributed by atoms with Gasteiger partial charge in [-0.1, -0.05) is 0 Å². The molecule has 0 saturated carbocycles. The second kappa shape index (κ2) is 8.62. The minimum absolute atomic E-state index is 0.0499. The molecule has 0 radical (unpaired) electrons. The quantitative estimate of drug-likeness (QED) is 0.378. The summed E-state index contributed by atoms with van der Waals surface area (Å²) in [4.78, 5) is 13.1. The van der Waals surface area contributed by atoms with Crippen LogP contribution in [0, 0.1) is 5.82 Å². The van der Waals surface area contributed by atoms with E-state index in [2.05, 4.69) is 25.4 Å². The Morgan fingerprint density at radius 2 is 2.03 bits per heavy atom. The molecule has 2 aromatic carbocycles. The first-order valence-electron chi connectivity index (χ1n) is 11.0. The van der Waals surface area contributed by atoms with Gasteiger partial charge in [0.1, 0.15) is 24.0 Å². The minimum Gasteiger partial charge on any atom is -0.490 e. The van der Waals surface area contributed by atoms with Gasteiger partial charge in [-0.05, 0) is 24.3 Å². The number of aryl methyl sites for hydroxylation is 1. The zero-order valence-electron chi connectivity index (χ0n) is 18.4. The van der Waals surface area contributed by atoms with E-state index < -0.39 is 0 Å². The fourth-order valence-electron chi connectivity index (χ4n) is 4.16. The predicted molar refractivity (Wildman–Crippen MR) is 129 cm³/mol. The number of thiazole rings is 1. The van der Waals surface area contributed by atoms with Crippen LogP contribution in [-0.2, 0) is 11.8 Å². The molecule has 4 heterocycles. The van der Waals surface area contributed by atoms with Gasteiger partial charge in [-0.25, -0.2) is 19.3 Å². The van der Waals surface area contributed by atoms with Crippen molar-refractivity contribution in [1.29, 1.82) is 0 Å². The lowest BCUT2D eigenvalue weighted by Crippen LogP contribution is -2.26. The van der Waals surface area contributed by atoms with Gasteiger partial charge in [-0.15, -0.1) is 11.3 Å². The molecular formula is C24H21FN6O2S. The number of halogens is 1. The normalized spacial score (nSPS) is 14.6. The lowest BCUT2D eigenvalue weighted by atomic mass is 10.0. The van der Waals surface area contributed by atoms with Crippen molar-refractivity contribution in [2.75, 3.05) is 18.5 Å². The molecule has 172 valence electrons. The average Bonchev–Trinajstić information content (AvgIpc) is 3.51. The Balaban J connectivity index is 1.45. The average molecular weight is 477 g/mol. The fourth-order valence-corrected chi connectivity index (χ4v) is 4.89. The molecule has 0 aliphatic carbocycles. The molecule has 0 atom stereocenters.